The maximum Gasteiger partial charge on any atom is 0.0562 e. The normalized spacial score (nSPS) is 10.8. The van der Waals surface area contributed by atoms with Crippen LogP contribution < -0.4 is 10.3 Å². The Morgan fingerprint density at radius 2 is 1.62 bits per heavy atom. The van der Waals surface area contributed by atoms with Crippen LogP contribution in [0.4, 0.5) is 11.4 Å². The number of rotatable bonds is 6. The van der Waals surface area contributed by atoms with Crippen molar-refractivity contribution >= 4 is 33.5 Å². The Morgan fingerprint density at radius 3 is 2.19 bits per heavy atom. The number of anilines is 2. The standard InChI is InChI=1S/C17H20BrN3/c1-3-21(4-2)17-11-5-14(6-12-17)13-19-20-16-9-7-15(18)8-10-16/h5-13,20H,3-4H2,1-2H3/b19-13-. The van der Waals surface area contributed by atoms with E-state index >= 15 is 0 Å². The number of nitrogens with zero attached hydrogens (tertiary/aromatic N) is 2. The van der Waals surface area contributed by atoms with Crippen molar-refractivity contribution < 1.29 is 0 Å². The first-order chi connectivity index (χ1) is 10.2. The van der Waals surface area contributed by atoms with Crippen molar-refractivity contribution in [2.45, 2.75) is 13.8 Å². The summed E-state index contributed by atoms with van der Waals surface area (Å²) in [5.74, 6) is 0. The summed E-state index contributed by atoms with van der Waals surface area (Å²) in [6, 6.07) is 16.4. The van der Waals surface area contributed by atoms with Crippen molar-refractivity contribution in [2.75, 3.05) is 23.4 Å². The summed E-state index contributed by atoms with van der Waals surface area (Å²) in [6.45, 7) is 6.38. The van der Waals surface area contributed by atoms with E-state index in [-0.39, 0.29) is 0 Å². The monoisotopic (exact) mass is 345 g/mol. The minimum atomic E-state index is 0.967. The number of hydrogen-bond donors (Lipinski definition) is 1. The molecule has 0 saturated heterocycles. The number of halogens is 1. The second-order valence-corrected chi connectivity index (χ2v) is 5.56. The summed E-state index contributed by atoms with van der Waals surface area (Å²) in [4.78, 5) is 2.32. The molecule has 0 aliphatic heterocycles. The van der Waals surface area contributed by atoms with Crippen LogP contribution in [0.1, 0.15) is 19.4 Å². The summed E-state index contributed by atoms with van der Waals surface area (Å²) >= 11 is 3.41. The molecule has 0 amide bonds. The third kappa shape index (κ3) is 4.60. The minimum absolute atomic E-state index is 0.967. The third-order valence-corrected chi connectivity index (χ3v) is 3.80. The molecule has 0 aliphatic rings. The molecule has 0 saturated carbocycles. The molecule has 2 aromatic rings. The highest BCUT2D eigenvalue weighted by Crippen LogP contribution is 2.15. The lowest BCUT2D eigenvalue weighted by atomic mass is 10.2. The number of hydrazone groups is 1. The van der Waals surface area contributed by atoms with Crippen LogP contribution in [-0.2, 0) is 0 Å². The lowest BCUT2D eigenvalue weighted by Gasteiger charge is -2.20. The Labute approximate surface area is 134 Å². The molecule has 2 aromatic carbocycles. The summed E-state index contributed by atoms with van der Waals surface area (Å²) in [6.07, 6.45) is 1.83. The molecule has 21 heavy (non-hydrogen) atoms. The van der Waals surface area contributed by atoms with E-state index in [2.05, 4.69) is 69.5 Å². The van der Waals surface area contributed by atoms with Gasteiger partial charge in [0.25, 0.3) is 0 Å². The fraction of sp³-hybridized carbons (Fsp3) is 0.235. The zero-order chi connectivity index (χ0) is 15.1. The molecule has 0 aliphatic carbocycles. The van der Waals surface area contributed by atoms with E-state index in [0.29, 0.717) is 0 Å². The smallest absolute Gasteiger partial charge is 0.0562 e. The minimum Gasteiger partial charge on any atom is -0.372 e. The predicted octanol–water partition coefficient (Wildman–Crippen LogP) is 4.74. The van der Waals surface area contributed by atoms with Crippen LogP contribution in [0.5, 0.6) is 0 Å². The van der Waals surface area contributed by atoms with Gasteiger partial charge in [-0.25, -0.2) is 0 Å². The first-order valence-electron chi connectivity index (χ1n) is 7.12. The fourth-order valence-corrected chi connectivity index (χ4v) is 2.33. The highest BCUT2D eigenvalue weighted by Gasteiger charge is 2.00. The predicted molar refractivity (Wildman–Crippen MR) is 95.4 cm³/mol. The summed E-state index contributed by atoms with van der Waals surface area (Å²) in [5.41, 5.74) is 6.31. The molecule has 0 atom stereocenters. The maximum atomic E-state index is 4.25. The van der Waals surface area contributed by atoms with Crippen molar-refractivity contribution in [3.05, 3.63) is 58.6 Å². The van der Waals surface area contributed by atoms with Crippen molar-refractivity contribution in [3.8, 4) is 0 Å². The molecule has 0 radical (unpaired) electrons. The zero-order valence-corrected chi connectivity index (χ0v) is 14.0. The van der Waals surface area contributed by atoms with Crippen LogP contribution >= 0.6 is 15.9 Å². The fourth-order valence-electron chi connectivity index (χ4n) is 2.07. The highest BCUT2D eigenvalue weighted by atomic mass is 79.9. The molecule has 0 unspecified atom stereocenters. The van der Waals surface area contributed by atoms with E-state index in [0.717, 1.165) is 28.8 Å². The second kappa shape index (κ2) is 7.84. The molecule has 0 heterocycles. The lowest BCUT2D eigenvalue weighted by Crippen LogP contribution is -2.21. The Bertz CT molecular complexity index is 572. The summed E-state index contributed by atoms with van der Waals surface area (Å²) in [7, 11) is 0. The molecule has 0 aromatic heterocycles. The highest BCUT2D eigenvalue weighted by molar-refractivity contribution is 9.10. The van der Waals surface area contributed by atoms with E-state index in [1.165, 1.54) is 5.69 Å². The summed E-state index contributed by atoms with van der Waals surface area (Å²) in [5, 5.41) is 4.25. The van der Waals surface area contributed by atoms with Gasteiger partial charge in [0.2, 0.25) is 0 Å². The van der Waals surface area contributed by atoms with Gasteiger partial charge in [0.15, 0.2) is 0 Å². The molecule has 0 spiro atoms. The third-order valence-electron chi connectivity index (χ3n) is 3.27. The zero-order valence-electron chi connectivity index (χ0n) is 12.4. The van der Waals surface area contributed by atoms with E-state index in [1.54, 1.807) is 0 Å². The lowest BCUT2D eigenvalue weighted by molar-refractivity contribution is 0.866. The van der Waals surface area contributed by atoms with Crippen LogP contribution in [0.3, 0.4) is 0 Å². The average Bonchev–Trinajstić information content (AvgIpc) is 2.52. The van der Waals surface area contributed by atoms with Gasteiger partial charge >= 0.3 is 0 Å². The maximum absolute atomic E-state index is 4.25. The average molecular weight is 346 g/mol. The van der Waals surface area contributed by atoms with Gasteiger partial charge in [-0.2, -0.15) is 5.10 Å². The molecular formula is C17H20BrN3. The molecule has 0 fully saturated rings. The van der Waals surface area contributed by atoms with Gasteiger partial charge in [-0.1, -0.05) is 28.1 Å². The van der Waals surface area contributed by atoms with Crippen molar-refractivity contribution in [1.82, 2.24) is 0 Å². The van der Waals surface area contributed by atoms with Gasteiger partial charge < -0.3 is 4.90 Å². The van der Waals surface area contributed by atoms with E-state index in [9.17, 15) is 0 Å². The van der Waals surface area contributed by atoms with Crippen molar-refractivity contribution in [2.24, 2.45) is 5.10 Å². The number of hydrogen-bond acceptors (Lipinski definition) is 3. The SMILES string of the molecule is CCN(CC)c1ccc(/C=N\Nc2ccc(Br)cc2)cc1. The van der Waals surface area contributed by atoms with Crippen LogP contribution in [0.25, 0.3) is 0 Å². The number of benzene rings is 2. The van der Waals surface area contributed by atoms with Gasteiger partial charge in [0.05, 0.1) is 11.9 Å². The van der Waals surface area contributed by atoms with E-state index in [4.69, 9.17) is 0 Å². The van der Waals surface area contributed by atoms with Crippen molar-refractivity contribution in [1.29, 1.82) is 0 Å². The molecule has 0 bridgehead atoms. The first-order valence-corrected chi connectivity index (χ1v) is 7.92. The van der Waals surface area contributed by atoms with Gasteiger partial charge in [-0.15, -0.1) is 0 Å². The quantitative estimate of drug-likeness (QED) is 0.604. The topological polar surface area (TPSA) is 27.6 Å². The van der Waals surface area contributed by atoms with Gasteiger partial charge in [-0.3, -0.25) is 5.43 Å². The Hall–Kier alpha value is -1.81. The molecule has 110 valence electrons. The van der Waals surface area contributed by atoms with Gasteiger partial charge in [0, 0.05) is 23.2 Å². The Kier molecular flexibility index (Phi) is 5.81. The summed E-state index contributed by atoms with van der Waals surface area (Å²) < 4.78 is 1.06. The van der Waals surface area contributed by atoms with E-state index in [1.807, 2.05) is 30.5 Å². The van der Waals surface area contributed by atoms with Crippen LogP contribution in [0, 0.1) is 0 Å². The van der Waals surface area contributed by atoms with Crippen LogP contribution in [0.2, 0.25) is 0 Å². The molecular weight excluding hydrogens is 326 g/mol. The molecule has 2 rings (SSSR count). The Balaban J connectivity index is 1.96. The van der Waals surface area contributed by atoms with E-state index < -0.39 is 0 Å². The molecule has 1 N–H and O–H groups in total. The Morgan fingerprint density at radius 1 is 1.00 bits per heavy atom. The second-order valence-electron chi connectivity index (χ2n) is 4.64. The van der Waals surface area contributed by atoms with Crippen LogP contribution in [-0.4, -0.2) is 19.3 Å². The number of nitrogens with one attached hydrogen (secondary N) is 1. The van der Waals surface area contributed by atoms with Gasteiger partial charge in [-0.05, 0) is 55.8 Å². The molecule has 3 nitrogen and oxygen atoms in total. The van der Waals surface area contributed by atoms with Crippen LogP contribution in [0.15, 0.2) is 58.1 Å². The molecule has 4 heteroatoms. The largest absolute Gasteiger partial charge is 0.372 e. The van der Waals surface area contributed by atoms with Crippen molar-refractivity contribution in [3.63, 3.8) is 0 Å². The van der Waals surface area contributed by atoms with Gasteiger partial charge in [0.1, 0.15) is 0 Å². The first kappa shape index (κ1) is 15.6.